The van der Waals surface area contributed by atoms with Crippen LogP contribution >= 0.6 is 0 Å². The summed E-state index contributed by atoms with van der Waals surface area (Å²) in [5, 5.41) is 0. The normalized spacial score (nSPS) is 16.4. The summed E-state index contributed by atoms with van der Waals surface area (Å²) in [5.74, 6) is 2.91. The Morgan fingerprint density at radius 1 is 0.545 bits per heavy atom. The highest BCUT2D eigenvalue weighted by atomic mass is 14.5. The summed E-state index contributed by atoms with van der Waals surface area (Å²) >= 11 is 0. The first kappa shape index (κ1) is 24.1. The van der Waals surface area contributed by atoms with Crippen LogP contribution in [0, 0.1) is 23.7 Å². The second-order valence-electron chi connectivity index (χ2n) is 7.21. The van der Waals surface area contributed by atoms with Crippen LogP contribution in [0.25, 0.3) is 0 Å². The summed E-state index contributed by atoms with van der Waals surface area (Å²) in [6, 6.07) is 0. The number of hydrogen-bond donors (Lipinski definition) is 4. The van der Waals surface area contributed by atoms with E-state index in [1.165, 1.54) is 25.7 Å². The zero-order chi connectivity index (χ0) is 17.4. The van der Waals surface area contributed by atoms with Gasteiger partial charge in [-0.1, -0.05) is 34.1 Å². The minimum atomic E-state index is 0.669. The maximum absolute atomic E-state index is 5.52. The Hall–Kier alpha value is -0.160. The molecule has 4 nitrogen and oxygen atoms in total. The van der Waals surface area contributed by atoms with Gasteiger partial charge in [0.2, 0.25) is 0 Å². The average molecular weight is 317 g/mol. The predicted octanol–water partition coefficient (Wildman–Crippen LogP) is 2.69. The lowest BCUT2D eigenvalue weighted by atomic mass is 9.94. The molecule has 4 atom stereocenters. The number of hydrogen-bond acceptors (Lipinski definition) is 4. The SMILES string of the molecule is CC(CN)CC(C)CCCN.CC(CN)CCC(C)CCN. The Kier molecular flexibility index (Phi) is 18.8. The maximum Gasteiger partial charge on any atom is -0.00514 e. The molecule has 0 radical (unpaired) electrons. The summed E-state index contributed by atoms with van der Waals surface area (Å²) < 4.78 is 0. The summed E-state index contributed by atoms with van der Waals surface area (Å²) in [6.45, 7) is 12.2. The summed E-state index contributed by atoms with van der Waals surface area (Å²) in [7, 11) is 0. The van der Waals surface area contributed by atoms with E-state index in [1.54, 1.807) is 0 Å². The van der Waals surface area contributed by atoms with Gasteiger partial charge >= 0.3 is 0 Å². The summed E-state index contributed by atoms with van der Waals surface area (Å²) in [6.07, 6.45) is 7.32. The van der Waals surface area contributed by atoms with Crippen LogP contribution in [0.15, 0.2) is 0 Å². The predicted molar refractivity (Wildman–Crippen MR) is 101 cm³/mol. The quantitative estimate of drug-likeness (QED) is 0.444. The smallest absolute Gasteiger partial charge is 0.00514 e. The van der Waals surface area contributed by atoms with Gasteiger partial charge in [0, 0.05) is 0 Å². The largest absolute Gasteiger partial charge is 0.330 e. The highest BCUT2D eigenvalue weighted by Crippen LogP contribution is 2.15. The Balaban J connectivity index is 0. The van der Waals surface area contributed by atoms with E-state index >= 15 is 0 Å². The molecular weight excluding hydrogens is 272 g/mol. The Morgan fingerprint density at radius 3 is 1.55 bits per heavy atom. The Labute approximate surface area is 139 Å². The number of nitrogens with two attached hydrogens (primary N) is 4. The molecule has 8 N–H and O–H groups in total. The van der Waals surface area contributed by atoms with E-state index in [0.29, 0.717) is 11.8 Å². The first-order chi connectivity index (χ1) is 10.4. The molecule has 0 aromatic rings. The van der Waals surface area contributed by atoms with Gasteiger partial charge in [0.25, 0.3) is 0 Å². The molecule has 0 amide bonds. The molecule has 0 rings (SSSR count). The van der Waals surface area contributed by atoms with E-state index in [4.69, 9.17) is 22.9 Å². The van der Waals surface area contributed by atoms with Crippen LogP contribution < -0.4 is 22.9 Å². The molecule has 22 heavy (non-hydrogen) atoms. The topological polar surface area (TPSA) is 104 Å². The van der Waals surface area contributed by atoms with Gasteiger partial charge in [-0.15, -0.1) is 0 Å². The van der Waals surface area contributed by atoms with Crippen LogP contribution in [-0.4, -0.2) is 26.2 Å². The molecule has 4 heteroatoms. The molecule has 0 spiro atoms. The highest BCUT2D eigenvalue weighted by Gasteiger charge is 2.06. The third-order valence-electron chi connectivity index (χ3n) is 4.32. The second kappa shape index (κ2) is 17.2. The molecule has 0 heterocycles. The van der Waals surface area contributed by atoms with Gasteiger partial charge in [0.1, 0.15) is 0 Å². The lowest BCUT2D eigenvalue weighted by molar-refractivity contribution is 0.394. The molecule has 0 aliphatic carbocycles. The van der Waals surface area contributed by atoms with Crippen molar-refractivity contribution in [2.24, 2.45) is 46.6 Å². The van der Waals surface area contributed by atoms with Crippen molar-refractivity contribution < 1.29 is 0 Å². The monoisotopic (exact) mass is 316 g/mol. The van der Waals surface area contributed by atoms with Crippen molar-refractivity contribution in [2.75, 3.05) is 26.2 Å². The lowest BCUT2D eigenvalue weighted by Gasteiger charge is -2.14. The Morgan fingerprint density at radius 2 is 1.09 bits per heavy atom. The number of rotatable bonds is 12. The van der Waals surface area contributed by atoms with Gasteiger partial charge < -0.3 is 22.9 Å². The molecule has 0 aromatic heterocycles. The van der Waals surface area contributed by atoms with Gasteiger partial charge in [0.05, 0.1) is 0 Å². The van der Waals surface area contributed by atoms with Crippen LogP contribution in [0.3, 0.4) is 0 Å². The van der Waals surface area contributed by atoms with Crippen LogP contribution in [0.1, 0.15) is 66.2 Å². The lowest BCUT2D eigenvalue weighted by Crippen LogP contribution is -2.14. The van der Waals surface area contributed by atoms with Gasteiger partial charge in [-0.05, 0) is 82.0 Å². The van der Waals surface area contributed by atoms with E-state index in [2.05, 4.69) is 27.7 Å². The molecule has 0 bridgehead atoms. The third-order valence-corrected chi connectivity index (χ3v) is 4.32. The van der Waals surface area contributed by atoms with Gasteiger partial charge in [-0.25, -0.2) is 0 Å². The van der Waals surface area contributed by atoms with E-state index in [-0.39, 0.29) is 0 Å². The summed E-state index contributed by atoms with van der Waals surface area (Å²) in [4.78, 5) is 0. The summed E-state index contributed by atoms with van der Waals surface area (Å²) in [5.41, 5.74) is 21.9. The average Bonchev–Trinajstić information content (AvgIpc) is 2.51. The first-order valence-corrected chi connectivity index (χ1v) is 9.21. The fourth-order valence-electron chi connectivity index (χ4n) is 2.48. The van der Waals surface area contributed by atoms with Crippen molar-refractivity contribution in [1.29, 1.82) is 0 Å². The zero-order valence-corrected chi connectivity index (χ0v) is 15.7. The van der Waals surface area contributed by atoms with Gasteiger partial charge in [-0.2, -0.15) is 0 Å². The molecule has 0 aliphatic heterocycles. The van der Waals surface area contributed by atoms with Gasteiger partial charge in [0.15, 0.2) is 0 Å². The molecule has 0 saturated carbocycles. The van der Waals surface area contributed by atoms with E-state index in [1.807, 2.05) is 0 Å². The van der Waals surface area contributed by atoms with Gasteiger partial charge in [-0.3, -0.25) is 0 Å². The van der Waals surface area contributed by atoms with Crippen LogP contribution in [0.2, 0.25) is 0 Å². The zero-order valence-electron chi connectivity index (χ0n) is 15.7. The maximum atomic E-state index is 5.52. The van der Waals surface area contributed by atoms with E-state index in [0.717, 1.165) is 50.9 Å². The molecule has 0 aliphatic rings. The second-order valence-corrected chi connectivity index (χ2v) is 7.21. The molecular formula is C18H44N4. The molecule has 0 aromatic carbocycles. The third kappa shape index (κ3) is 17.9. The minimum absolute atomic E-state index is 0.669. The minimum Gasteiger partial charge on any atom is -0.330 e. The van der Waals surface area contributed by atoms with Crippen molar-refractivity contribution in [2.45, 2.75) is 66.2 Å². The van der Waals surface area contributed by atoms with Crippen molar-refractivity contribution in [3.05, 3.63) is 0 Å². The molecule has 136 valence electrons. The highest BCUT2D eigenvalue weighted by molar-refractivity contribution is 4.60. The Bertz CT molecular complexity index is 211. The molecule has 4 unspecified atom stereocenters. The van der Waals surface area contributed by atoms with Crippen molar-refractivity contribution in [1.82, 2.24) is 0 Å². The molecule has 0 fully saturated rings. The van der Waals surface area contributed by atoms with E-state index in [9.17, 15) is 0 Å². The fraction of sp³-hybridized carbons (Fsp3) is 1.00. The van der Waals surface area contributed by atoms with Crippen LogP contribution in [0.5, 0.6) is 0 Å². The molecule has 0 saturated heterocycles. The first-order valence-electron chi connectivity index (χ1n) is 9.21. The van der Waals surface area contributed by atoms with Crippen molar-refractivity contribution in [3.63, 3.8) is 0 Å². The van der Waals surface area contributed by atoms with E-state index < -0.39 is 0 Å². The van der Waals surface area contributed by atoms with Crippen LogP contribution in [0.4, 0.5) is 0 Å². The standard InChI is InChI=1S/2C9H22N2/c1-8(5-6-10)3-4-9(2)7-11;1-8(4-3-5-10)6-9(2)7-11/h2*8-9H,3-7,10-11H2,1-2H3. The van der Waals surface area contributed by atoms with Crippen molar-refractivity contribution in [3.8, 4) is 0 Å². The van der Waals surface area contributed by atoms with Crippen molar-refractivity contribution >= 4 is 0 Å². The fourth-order valence-corrected chi connectivity index (χ4v) is 2.48. The van der Waals surface area contributed by atoms with Crippen LogP contribution in [-0.2, 0) is 0 Å².